The van der Waals surface area contributed by atoms with Crippen molar-refractivity contribution in [3.63, 3.8) is 0 Å². The Morgan fingerprint density at radius 1 is 0.571 bits per heavy atom. The maximum absolute atomic E-state index is 11.7. The van der Waals surface area contributed by atoms with Crippen molar-refractivity contribution in [2.45, 2.75) is 117 Å². The first-order valence-electron chi connectivity index (χ1n) is 11.7. The first-order chi connectivity index (χ1) is 13.7. The summed E-state index contributed by atoms with van der Waals surface area (Å²) in [7, 11) is 0. The van der Waals surface area contributed by atoms with E-state index in [1.165, 1.54) is 44.9 Å². The fourth-order valence-electron chi connectivity index (χ4n) is 2.89. The van der Waals surface area contributed by atoms with Gasteiger partial charge < -0.3 is 9.47 Å². The first kappa shape index (κ1) is 26.7. The van der Waals surface area contributed by atoms with E-state index in [4.69, 9.17) is 9.47 Å². The molecule has 0 saturated heterocycles. The molecule has 0 heterocycles. The molecule has 0 aliphatic carbocycles. The van der Waals surface area contributed by atoms with Gasteiger partial charge in [0.15, 0.2) is 0 Å². The van der Waals surface area contributed by atoms with Gasteiger partial charge in [-0.15, -0.1) is 0 Å². The molecular formula is C24H44O4. The van der Waals surface area contributed by atoms with E-state index >= 15 is 0 Å². The molecule has 0 aromatic rings. The normalized spacial score (nSPS) is 11.1. The van der Waals surface area contributed by atoms with Crippen molar-refractivity contribution >= 4 is 11.9 Å². The molecule has 4 heteroatoms. The Labute approximate surface area is 173 Å². The maximum atomic E-state index is 11.7. The molecule has 0 amide bonds. The summed E-state index contributed by atoms with van der Waals surface area (Å²) in [6, 6.07) is 0. The fourth-order valence-corrected chi connectivity index (χ4v) is 2.89. The monoisotopic (exact) mass is 396 g/mol. The second kappa shape index (κ2) is 22.0. The number of hydrogen-bond donors (Lipinski definition) is 0. The minimum absolute atomic E-state index is 0.146. The van der Waals surface area contributed by atoms with Gasteiger partial charge in [0.25, 0.3) is 0 Å². The minimum atomic E-state index is -0.160. The van der Waals surface area contributed by atoms with Crippen LogP contribution < -0.4 is 0 Å². The predicted molar refractivity (Wildman–Crippen MR) is 116 cm³/mol. The fraction of sp³-hybridized carbons (Fsp3) is 0.833. The van der Waals surface area contributed by atoms with Gasteiger partial charge in [-0.1, -0.05) is 70.9 Å². The van der Waals surface area contributed by atoms with Gasteiger partial charge in [-0.2, -0.15) is 0 Å². The quantitative estimate of drug-likeness (QED) is 0.127. The van der Waals surface area contributed by atoms with E-state index in [-0.39, 0.29) is 11.9 Å². The van der Waals surface area contributed by atoms with Crippen molar-refractivity contribution in [1.82, 2.24) is 0 Å². The molecule has 0 fully saturated rings. The van der Waals surface area contributed by atoms with Gasteiger partial charge in [0.05, 0.1) is 13.2 Å². The average molecular weight is 397 g/mol. The van der Waals surface area contributed by atoms with Crippen molar-refractivity contribution in [1.29, 1.82) is 0 Å². The molecule has 0 radical (unpaired) electrons. The van der Waals surface area contributed by atoms with Crippen LogP contribution in [0.5, 0.6) is 0 Å². The van der Waals surface area contributed by atoms with Crippen LogP contribution in [0, 0.1) is 0 Å². The average Bonchev–Trinajstić information content (AvgIpc) is 2.69. The molecule has 0 aliphatic heterocycles. The zero-order valence-corrected chi connectivity index (χ0v) is 18.5. The molecular weight excluding hydrogens is 352 g/mol. The third-order valence-corrected chi connectivity index (χ3v) is 4.69. The standard InChI is InChI=1S/C24H44O4/c1-3-5-7-9-11-12-14-18-22-28-24(26)20-16-15-19-23(25)27-21-17-13-10-8-6-4-2/h11-12H,3-10,13-22H2,1-2H3/b12-11+. The number of carbonyl (C=O) groups is 2. The van der Waals surface area contributed by atoms with E-state index in [1.807, 2.05) is 0 Å². The third-order valence-electron chi connectivity index (χ3n) is 4.69. The highest BCUT2D eigenvalue weighted by atomic mass is 16.5. The molecule has 0 rings (SSSR count). The number of rotatable bonds is 20. The highest BCUT2D eigenvalue weighted by Gasteiger charge is 2.06. The van der Waals surface area contributed by atoms with Crippen LogP contribution in [0.2, 0.25) is 0 Å². The summed E-state index contributed by atoms with van der Waals surface area (Å²) in [6.45, 7) is 5.43. The van der Waals surface area contributed by atoms with E-state index in [0.29, 0.717) is 38.9 Å². The van der Waals surface area contributed by atoms with Gasteiger partial charge in [-0.3, -0.25) is 9.59 Å². The summed E-state index contributed by atoms with van der Waals surface area (Å²) in [5, 5.41) is 0. The Kier molecular flexibility index (Phi) is 20.9. The Morgan fingerprint density at radius 2 is 1.04 bits per heavy atom. The summed E-state index contributed by atoms with van der Waals surface area (Å²) in [5.41, 5.74) is 0. The molecule has 0 aromatic heterocycles. The second-order valence-corrected chi connectivity index (χ2v) is 7.53. The summed E-state index contributed by atoms with van der Waals surface area (Å²) in [5.74, 6) is -0.306. The van der Waals surface area contributed by atoms with Crippen LogP contribution in [-0.4, -0.2) is 25.2 Å². The molecule has 0 N–H and O–H groups in total. The molecule has 4 nitrogen and oxygen atoms in total. The Balaban J connectivity index is 3.36. The molecule has 0 saturated carbocycles. The van der Waals surface area contributed by atoms with Gasteiger partial charge in [-0.05, 0) is 44.9 Å². The van der Waals surface area contributed by atoms with Crippen LogP contribution in [0.4, 0.5) is 0 Å². The largest absolute Gasteiger partial charge is 0.466 e. The Hall–Kier alpha value is -1.32. The molecule has 0 spiro atoms. The highest BCUT2D eigenvalue weighted by Crippen LogP contribution is 2.07. The minimum Gasteiger partial charge on any atom is -0.466 e. The number of hydrogen-bond acceptors (Lipinski definition) is 4. The lowest BCUT2D eigenvalue weighted by Crippen LogP contribution is -2.08. The van der Waals surface area contributed by atoms with Gasteiger partial charge in [0.1, 0.15) is 0 Å². The zero-order chi connectivity index (χ0) is 20.7. The van der Waals surface area contributed by atoms with E-state index in [0.717, 1.165) is 32.1 Å². The molecule has 164 valence electrons. The number of ether oxygens (including phenoxy) is 2. The summed E-state index contributed by atoms with van der Waals surface area (Å²) >= 11 is 0. The van der Waals surface area contributed by atoms with Crippen LogP contribution in [0.15, 0.2) is 12.2 Å². The van der Waals surface area contributed by atoms with E-state index in [2.05, 4.69) is 26.0 Å². The molecule has 0 aliphatic rings. The van der Waals surface area contributed by atoms with Crippen LogP contribution in [0.25, 0.3) is 0 Å². The Morgan fingerprint density at radius 3 is 1.64 bits per heavy atom. The number of allylic oxidation sites excluding steroid dienone is 2. The summed E-state index contributed by atoms with van der Waals surface area (Å²) in [6.07, 6.45) is 20.5. The van der Waals surface area contributed by atoms with Gasteiger partial charge >= 0.3 is 11.9 Å². The second-order valence-electron chi connectivity index (χ2n) is 7.53. The van der Waals surface area contributed by atoms with Crippen LogP contribution >= 0.6 is 0 Å². The van der Waals surface area contributed by atoms with Crippen molar-refractivity contribution in [2.75, 3.05) is 13.2 Å². The lowest BCUT2D eigenvalue weighted by Gasteiger charge is -2.05. The molecule has 0 unspecified atom stereocenters. The van der Waals surface area contributed by atoms with Gasteiger partial charge in [0.2, 0.25) is 0 Å². The lowest BCUT2D eigenvalue weighted by atomic mass is 10.1. The van der Waals surface area contributed by atoms with Crippen molar-refractivity contribution < 1.29 is 19.1 Å². The van der Waals surface area contributed by atoms with Crippen molar-refractivity contribution in [3.05, 3.63) is 12.2 Å². The highest BCUT2D eigenvalue weighted by molar-refractivity contribution is 5.70. The van der Waals surface area contributed by atoms with E-state index in [1.54, 1.807) is 0 Å². The summed E-state index contributed by atoms with van der Waals surface area (Å²) in [4.78, 5) is 23.3. The Bertz CT molecular complexity index is 390. The topological polar surface area (TPSA) is 52.6 Å². The number of carbonyl (C=O) groups excluding carboxylic acids is 2. The number of esters is 2. The smallest absolute Gasteiger partial charge is 0.305 e. The van der Waals surface area contributed by atoms with Gasteiger partial charge in [-0.25, -0.2) is 0 Å². The van der Waals surface area contributed by atoms with Crippen LogP contribution in [-0.2, 0) is 19.1 Å². The molecule has 0 aromatic carbocycles. The first-order valence-corrected chi connectivity index (χ1v) is 11.7. The number of unbranched alkanes of at least 4 members (excludes halogenated alkanes) is 10. The molecule has 28 heavy (non-hydrogen) atoms. The predicted octanol–water partition coefficient (Wildman–Crippen LogP) is 6.91. The summed E-state index contributed by atoms with van der Waals surface area (Å²) < 4.78 is 10.5. The SMILES string of the molecule is CCCCC/C=C/CCCOC(=O)CCCCC(=O)OCCCCCCCC. The van der Waals surface area contributed by atoms with E-state index < -0.39 is 0 Å². The van der Waals surface area contributed by atoms with Crippen molar-refractivity contribution in [3.8, 4) is 0 Å². The molecule has 0 atom stereocenters. The third kappa shape index (κ3) is 21.0. The van der Waals surface area contributed by atoms with Crippen molar-refractivity contribution in [2.24, 2.45) is 0 Å². The van der Waals surface area contributed by atoms with E-state index in [9.17, 15) is 9.59 Å². The molecule has 0 bridgehead atoms. The van der Waals surface area contributed by atoms with Crippen LogP contribution in [0.3, 0.4) is 0 Å². The lowest BCUT2D eigenvalue weighted by molar-refractivity contribution is -0.146. The van der Waals surface area contributed by atoms with Crippen LogP contribution in [0.1, 0.15) is 117 Å². The van der Waals surface area contributed by atoms with Gasteiger partial charge in [0, 0.05) is 12.8 Å². The maximum Gasteiger partial charge on any atom is 0.305 e. The zero-order valence-electron chi connectivity index (χ0n) is 18.5.